The van der Waals surface area contributed by atoms with Crippen molar-refractivity contribution < 1.29 is 9.18 Å². The molecule has 4 rings (SSSR count). The molecule has 1 atom stereocenters. The van der Waals surface area contributed by atoms with Crippen LogP contribution in [0.1, 0.15) is 54.0 Å². The van der Waals surface area contributed by atoms with E-state index in [4.69, 9.17) is 0 Å². The lowest BCUT2D eigenvalue weighted by atomic mass is 9.91. The minimum absolute atomic E-state index is 0.0622. The summed E-state index contributed by atoms with van der Waals surface area (Å²) in [6.45, 7) is 4.71. The van der Waals surface area contributed by atoms with Gasteiger partial charge in [-0.15, -0.1) is 0 Å². The van der Waals surface area contributed by atoms with E-state index in [1.165, 1.54) is 12.1 Å². The molecule has 0 spiro atoms. The van der Waals surface area contributed by atoms with E-state index in [-0.39, 0.29) is 11.7 Å². The average molecular weight is 341 g/mol. The van der Waals surface area contributed by atoms with Gasteiger partial charge in [0.25, 0.3) is 5.91 Å². The van der Waals surface area contributed by atoms with Gasteiger partial charge in [-0.2, -0.15) is 0 Å². The van der Waals surface area contributed by atoms with Crippen molar-refractivity contribution in [2.45, 2.75) is 45.1 Å². The summed E-state index contributed by atoms with van der Waals surface area (Å²) >= 11 is 0. The second kappa shape index (κ2) is 6.62. The normalized spacial score (nSPS) is 21.2. The highest BCUT2D eigenvalue weighted by Crippen LogP contribution is 2.29. The highest BCUT2D eigenvalue weighted by atomic mass is 19.1. The Morgan fingerprint density at radius 1 is 1.16 bits per heavy atom. The van der Waals surface area contributed by atoms with E-state index in [1.54, 1.807) is 0 Å². The molecule has 0 radical (unpaired) electrons. The van der Waals surface area contributed by atoms with Gasteiger partial charge < -0.3 is 9.47 Å². The maximum Gasteiger partial charge on any atom is 0.274 e. The SMILES string of the molecule is CC1CCN(C(=O)c2cn3c(n2)CC[C@H](c2ccc(F)cc2)C3)CC1. The Morgan fingerprint density at radius 3 is 2.60 bits per heavy atom. The molecule has 132 valence electrons. The number of hydrogen-bond donors (Lipinski definition) is 0. The van der Waals surface area contributed by atoms with Gasteiger partial charge in [0.15, 0.2) is 0 Å². The Morgan fingerprint density at radius 2 is 1.88 bits per heavy atom. The number of hydrogen-bond acceptors (Lipinski definition) is 2. The first-order chi connectivity index (χ1) is 12.1. The van der Waals surface area contributed by atoms with Gasteiger partial charge in [0.05, 0.1) is 0 Å². The van der Waals surface area contributed by atoms with E-state index in [0.29, 0.717) is 17.5 Å². The first-order valence-corrected chi connectivity index (χ1v) is 9.21. The highest BCUT2D eigenvalue weighted by Gasteiger charge is 2.27. The van der Waals surface area contributed by atoms with Crippen LogP contribution in [-0.4, -0.2) is 33.4 Å². The number of halogens is 1. The monoisotopic (exact) mass is 341 g/mol. The van der Waals surface area contributed by atoms with Crippen molar-refractivity contribution in [2.24, 2.45) is 5.92 Å². The molecule has 2 aliphatic rings. The standard InChI is InChI=1S/C20H24FN3O/c1-14-8-10-23(11-9-14)20(25)18-13-24-12-16(4-7-19(24)22-18)15-2-5-17(21)6-3-15/h2-3,5-6,13-14,16H,4,7-12H2,1H3/t16-/m0/s1. The highest BCUT2D eigenvalue weighted by molar-refractivity contribution is 5.92. The van der Waals surface area contributed by atoms with Gasteiger partial charge in [0.2, 0.25) is 0 Å². The van der Waals surface area contributed by atoms with Gasteiger partial charge >= 0.3 is 0 Å². The average Bonchev–Trinajstić information content (AvgIpc) is 3.05. The molecule has 5 heteroatoms. The Balaban J connectivity index is 1.48. The quantitative estimate of drug-likeness (QED) is 0.837. The van der Waals surface area contributed by atoms with E-state index in [0.717, 1.165) is 56.7 Å². The zero-order valence-electron chi connectivity index (χ0n) is 14.6. The van der Waals surface area contributed by atoms with E-state index in [9.17, 15) is 9.18 Å². The van der Waals surface area contributed by atoms with Crippen LogP contribution in [0, 0.1) is 11.7 Å². The molecule has 1 amide bonds. The Kier molecular flexibility index (Phi) is 4.32. The number of nitrogens with zero attached hydrogens (tertiary/aromatic N) is 3. The topological polar surface area (TPSA) is 38.1 Å². The number of piperidine rings is 1. The van der Waals surface area contributed by atoms with Crippen molar-refractivity contribution in [3.8, 4) is 0 Å². The predicted molar refractivity (Wildman–Crippen MR) is 94.0 cm³/mol. The Hall–Kier alpha value is -2.17. The van der Waals surface area contributed by atoms with Crippen LogP contribution in [0.4, 0.5) is 4.39 Å². The maximum atomic E-state index is 13.1. The van der Waals surface area contributed by atoms with Gasteiger partial charge in [-0.3, -0.25) is 4.79 Å². The largest absolute Gasteiger partial charge is 0.337 e. The van der Waals surface area contributed by atoms with Crippen molar-refractivity contribution in [2.75, 3.05) is 13.1 Å². The van der Waals surface area contributed by atoms with Gasteiger partial charge in [0.1, 0.15) is 17.3 Å². The molecule has 25 heavy (non-hydrogen) atoms. The fraction of sp³-hybridized carbons (Fsp3) is 0.500. The van der Waals surface area contributed by atoms with Crippen molar-refractivity contribution in [3.05, 3.63) is 53.4 Å². The number of aryl methyl sites for hydroxylation is 1. The zero-order valence-corrected chi connectivity index (χ0v) is 14.6. The summed E-state index contributed by atoms with van der Waals surface area (Å²) in [6, 6.07) is 6.77. The fourth-order valence-electron chi connectivity index (χ4n) is 3.93. The minimum atomic E-state index is -0.202. The molecule has 1 fully saturated rings. The molecule has 1 saturated heterocycles. The van der Waals surface area contributed by atoms with Gasteiger partial charge in [0, 0.05) is 38.2 Å². The zero-order chi connectivity index (χ0) is 17.4. The Bertz CT molecular complexity index is 760. The van der Waals surface area contributed by atoms with Crippen LogP contribution in [0.5, 0.6) is 0 Å². The predicted octanol–water partition coefficient (Wildman–Crippen LogP) is 3.62. The second-order valence-electron chi connectivity index (χ2n) is 7.46. The lowest BCUT2D eigenvalue weighted by Crippen LogP contribution is -2.38. The molecule has 0 N–H and O–H groups in total. The van der Waals surface area contributed by atoms with Gasteiger partial charge in [-0.1, -0.05) is 19.1 Å². The number of amides is 1. The minimum Gasteiger partial charge on any atom is -0.337 e. The second-order valence-corrected chi connectivity index (χ2v) is 7.46. The third kappa shape index (κ3) is 3.32. The summed E-state index contributed by atoms with van der Waals surface area (Å²) in [5.74, 6) is 1.91. The molecular formula is C20H24FN3O. The summed E-state index contributed by atoms with van der Waals surface area (Å²) in [5.41, 5.74) is 1.72. The molecule has 4 nitrogen and oxygen atoms in total. The summed E-state index contributed by atoms with van der Waals surface area (Å²) in [6.07, 6.45) is 5.90. The number of carbonyl (C=O) groups is 1. The summed E-state index contributed by atoms with van der Waals surface area (Å²) in [7, 11) is 0. The van der Waals surface area contributed by atoms with Crippen molar-refractivity contribution in [1.29, 1.82) is 0 Å². The third-order valence-electron chi connectivity index (χ3n) is 5.62. The number of rotatable bonds is 2. The lowest BCUT2D eigenvalue weighted by molar-refractivity contribution is 0.0691. The summed E-state index contributed by atoms with van der Waals surface area (Å²) in [4.78, 5) is 19.3. The van der Waals surface area contributed by atoms with E-state index >= 15 is 0 Å². The van der Waals surface area contributed by atoms with Crippen molar-refractivity contribution in [3.63, 3.8) is 0 Å². The van der Waals surface area contributed by atoms with Crippen LogP contribution < -0.4 is 0 Å². The summed E-state index contributed by atoms with van der Waals surface area (Å²) in [5, 5.41) is 0. The van der Waals surface area contributed by atoms with Crippen molar-refractivity contribution >= 4 is 5.91 Å². The maximum absolute atomic E-state index is 13.1. The first-order valence-electron chi connectivity index (χ1n) is 9.21. The van der Waals surface area contributed by atoms with Crippen molar-refractivity contribution in [1.82, 2.24) is 14.5 Å². The molecular weight excluding hydrogens is 317 g/mol. The number of aromatic nitrogens is 2. The summed E-state index contributed by atoms with van der Waals surface area (Å²) < 4.78 is 15.2. The molecule has 0 saturated carbocycles. The first kappa shape index (κ1) is 16.3. The number of fused-ring (bicyclic) bond motifs is 1. The van der Waals surface area contributed by atoms with Crippen LogP contribution in [0.15, 0.2) is 30.5 Å². The molecule has 0 bridgehead atoms. The van der Waals surface area contributed by atoms with Crippen LogP contribution >= 0.6 is 0 Å². The molecule has 2 aromatic rings. The lowest BCUT2D eigenvalue weighted by Gasteiger charge is -2.29. The van der Waals surface area contributed by atoms with E-state index < -0.39 is 0 Å². The molecule has 0 unspecified atom stereocenters. The smallest absolute Gasteiger partial charge is 0.274 e. The molecule has 1 aromatic carbocycles. The van der Waals surface area contributed by atoms with Crippen LogP contribution in [0.3, 0.4) is 0 Å². The third-order valence-corrected chi connectivity index (χ3v) is 5.62. The molecule has 1 aromatic heterocycles. The molecule has 0 aliphatic carbocycles. The van der Waals surface area contributed by atoms with Crippen LogP contribution in [0.2, 0.25) is 0 Å². The van der Waals surface area contributed by atoms with Gasteiger partial charge in [-0.25, -0.2) is 9.37 Å². The van der Waals surface area contributed by atoms with Gasteiger partial charge in [-0.05, 0) is 42.9 Å². The number of carbonyl (C=O) groups excluding carboxylic acids is 1. The van der Waals surface area contributed by atoms with E-state index in [2.05, 4.69) is 16.5 Å². The van der Waals surface area contributed by atoms with Crippen LogP contribution in [-0.2, 0) is 13.0 Å². The van der Waals surface area contributed by atoms with E-state index in [1.807, 2.05) is 23.2 Å². The molecule has 2 aliphatic heterocycles. The number of likely N-dealkylation sites (tertiary alicyclic amines) is 1. The van der Waals surface area contributed by atoms with Crippen LogP contribution in [0.25, 0.3) is 0 Å². The Labute approximate surface area is 147 Å². The molecule has 3 heterocycles. The number of benzene rings is 1. The number of imidazole rings is 1. The fourth-order valence-corrected chi connectivity index (χ4v) is 3.93.